The highest BCUT2D eigenvalue weighted by atomic mass is 15.2. The van der Waals surface area contributed by atoms with Gasteiger partial charge < -0.3 is 4.90 Å². The second-order valence-corrected chi connectivity index (χ2v) is 4.49. The van der Waals surface area contributed by atoms with E-state index in [9.17, 15) is 0 Å². The minimum Gasteiger partial charge on any atom is -0.300 e. The van der Waals surface area contributed by atoms with Gasteiger partial charge in [0.1, 0.15) is 0 Å². The lowest BCUT2D eigenvalue weighted by molar-refractivity contribution is 0.111. The molecule has 0 radical (unpaired) electrons. The van der Waals surface area contributed by atoms with Crippen LogP contribution in [0.4, 0.5) is 0 Å². The highest BCUT2D eigenvalue weighted by Crippen LogP contribution is 2.22. The Morgan fingerprint density at radius 1 is 1.09 bits per heavy atom. The van der Waals surface area contributed by atoms with Crippen LogP contribution in [-0.2, 0) is 0 Å². The molecular weight excluding hydrogens is 134 g/mol. The molecule has 2 atom stereocenters. The molecule has 0 saturated carbocycles. The van der Waals surface area contributed by atoms with Gasteiger partial charge in [0.25, 0.3) is 0 Å². The number of rotatable bonds is 1. The summed E-state index contributed by atoms with van der Waals surface area (Å²) in [6.07, 6.45) is 1.42. The first-order valence-electron chi connectivity index (χ1n) is 4.83. The number of likely N-dealkylation sites (tertiary alicyclic amines) is 1. The predicted octanol–water partition coefficient (Wildman–Crippen LogP) is 2.37. The zero-order valence-electron chi connectivity index (χ0n) is 8.30. The van der Waals surface area contributed by atoms with E-state index in [4.69, 9.17) is 0 Å². The fourth-order valence-electron chi connectivity index (χ4n) is 2.13. The summed E-state index contributed by atoms with van der Waals surface area (Å²) < 4.78 is 0. The van der Waals surface area contributed by atoms with Gasteiger partial charge in [-0.1, -0.05) is 13.8 Å². The highest BCUT2D eigenvalue weighted by molar-refractivity contribution is 4.76. The predicted molar refractivity (Wildman–Crippen MR) is 49.7 cm³/mol. The monoisotopic (exact) mass is 155 g/mol. The average molecular weight is 155 g/mol. The van der Waals surface area contributed by atoms with Gasteiger partial charge in [-0.2, -0.15) is 0 Å². The van der Waals surface area contributed by atoms with Gasteiger partial charge in [-0.15, -0.1) is 0 Å². The van der Waals surface area contributed by atoms with Crippen molar-refractivity contribution in [1.29, 1.82) is 0 Å². The molecule has 66 valence electrons. The normalized spacial score (nSPS) is 34.6. The molecular formula is C10H21N. The molecule has 0 spiro atoms. The first-order valence-corrected chi connectivity index (χ1v) is 4.83. The molecule has 0 aromatic rings. The van der Waals surface area contributed by atoms with E-state index < -0.39 is 0 Å². The minimum absolute atomic E-state index is 0.736. The first-order chi connectivity index (χ1) is 5.09. The van der Waals surface area contributed by atoms with E-state index in [1.165, 1.54) is 19.5 Å². The summed E-state index contributed by atoms with van der Waals surface area (Å²) in [6, 6.07) is 0.736. The topological polar surface area (TPSA) is 3.24 Å². The Bertz CT molecular complexity index is 110. The fourth-order valence-corrected chi connectivity index (χ4v) is 2.13. The maximum absolute atomic E-state index is 2.60. The van der Waals surface area contributed by atoms with Crippen molar-refractivity contribution in [3.63, 3.8) is 0 Å². The second-order valence-electron chi connectivity index (χ2n) is 4.49. The molecule has 0 N–H and O–H groups in total. The quantitative estimate of drug-likeness (QED) is 0.562. The molecule has 1 saturated heterocycles. The Labute approximate surface area is 70.8 Å². The van der Waals surface area contributed by atoms with Gasteiger partial charge in [0, 0.05) is 19.1 Å². The van der Waals surface area contributed by atoms with Crippen molar-refractivity contribution < 1.29 is 0 Å². The van der Waals surface area contributed by atoms with Crippen LogP contribution in [0, 0.1) is 11.8 Å². The molecule has 0 aliphatic carbocycles. The third-order valence-corrected chi connectivity index (χ3v) is 2.63. The molecule has 0 aromatic carbocycles. The Balaban J connectivity index is 2.43. The average Bonchev–Trinajstić information content (AvgIpc) is 1.85. The van der Waals surface area contributed by atoms with Gasteiger partial charge in [0.2, 0.25) is 0 Å². The van der Waals surface area contributed by atoms with Gasteiger partial charge in [-0.05, 0) is 32.1 Å². The van der Waals surface area contributed by atoms with Crippen LogP contribution in [0.5, 0.6) is 0 Å². The number of piperidine rings is 1. The van der Waals surface area contributed by atoms with Crippen molar-refractivity contribution in [2.45, 2.75) is 40.2 Å². The summed E-state index contributed by atoms with van der Waals surface area (Å²) in [5.74, 6) is 1.81. The number of nitrogens with zero attached hydrogens (tertiary/aromatic N) is 1. The van der Waals surface area contributed by atoms with Gasteiger partial charge in [-0.3, -0.25) is 0 Å². The molecule has 11 heavy (non-hydrogen) atoms. The number of hydrogen-bond acceptors (Lipinski definition) is 1. The van der Waals surface area contributed by atoms with E-state index in [2.05, 4.69) is 32.6 Å². The van der Waals surface area contributed by atoms with Crippen LogP contribution in [-0.4, -0.2) is 24.0 Å². The molecule has 0 unspecified atom stereocenters. The Kier molecular flexibility index (Phi) is 2.94. The lowest BCUT2D eigenvalue weighted by atomic mass is 9.91. The van der Waals surface area contributed by atoms with Crippen LogP contribution >= 0.6 is 0 Å². The van der Waals surface area contributed by atoms with Crippen molar-refractivity contribution in [1.82, 2.24) is 4.90 Å². The van der Waals surface area contributed by atoms with E-state index in [0.29, 0.717) is 0 Å². The van der Waals surface area contributed by atoms with Crippen molar-refractivity contribution >= 4 is 0 Å². The van der Waals surface area contributed by atoms with E-state index in [0.717, 1.165) is 17.9 Å². The summed E-state index contributed by atoms with van der Waals surface area (Å²) in [5.41, 5.74) is 0. The summed E-state index contributed by atoms with van der Waals surface area (Å²) in [7, 11) is 0. The van der Waals surface area contributed by atoms with E-state index in [1.807, 2.05) is 0 Å². The summed E-state index contributed by atoms with van der Waals surface area (Å²) in [5, 5.41) is 0. The van der Waals surface area contributed by atoms with Gasteiger partial charge in [-0.25, -0.2) is 0 Å². The summed E-state index contributed by atoms with van der Waals surface area (Å²) >= 11 is 0. The van der Waals surface area contributed by atoms with E-state index in [1.54, 1.807) is 0 Å². The largest absolute Gasteiger partial charge is 0.300 e. The molecule has 1 heteroatoms. The second kappa shape index (κ2) is 3.57. The van der Waals surface area contributed by atoms with Crippen LogP contribution < -0.4 is 0 Å². The molecule has 0 amide bonds. The lowest BCUT2D eigenvalue weighted by Crippen LogP contribution is -2.42. The Morgan fingerprint density at radius 2 is 1.55 bits per heavy atom. The summed E-state index contributed by atoms with van der Waals surface area (Å²) in [6.45, 7) is 11.9. The smallest absolute Gasteiger partial charge is 0.00388 e. The maximum Gasteiger partial charge on any atom is 0.00388 e. The van der Waals surface area contributed by atoms with E-state index >= 15 is 0 Å². The molecule has 1 fully saturated rings. The third-order valence-electron chi connectivity index (χ3n) is 2.63. The van der Waals surface area contributed by atoms with Gasteiger partial charge >= 0.3 is 0 Å². The Hall–Kier alpha value is -0.0400. The van der Waals surface area contributed by atoms with Crippen molar-refractivity contribution in [2.24, 2.45) is 11.8 Å². The minimum atomic E-state index is 0.736. The summed E-state index contributed by atoms with van der Waals surface area (Å²) in [4.78, 5) is 2.60. The van der Waals surface area contributed by atoms with Crippen LogP contribution in [0.25, 0.3) is 0 Å². The van der Waals surface area contributed by atoms with Crippen LogP contribution in [0.3, 0.4) is 0 Å². The fraction of sp³-hybridized carbons (Fsp3) is 1.00. The molecule has 1 nitrogen and oxygen atoms in total. The zero-order chi connectivity index (χ0) is 8.43. The number of hydrogen-bond donors (Lipinski definition) is 0. The maximum atomic E-state index is 2.60. The van der Waals surface area contributed by atoms with Crippen LogP contribution in [0.2, 0.25) is 0 Å². The Morgan fingerprint density at radius 3 is 1.91 bits per heavy atom. The van der Waals surface area contributed by atoms with E-state index in [-0.39, 0.29) is 0 Å². The molecule has 1 aliphatic rings. The van der Waals surface area contributed by atoms with Gasteiger partial charge in [0.05, 0.1) is 0 Å². The SMILES string of the molecule is CC(C)N1C[C@H](C)C[C@H](C)C1. The zero-order valence-corrected chi connectivity index (χ0v) is 8.30. The van der Waals surface area contributed by atoms with Crippen molar-refractivity contribution in [2.75, 3.05) is 13.1 Å². The standard InChI is InChI=1S/C10H21N/c1-8(2)11-6-9(3)5-10(4)7-11/h8-10H,5-7H2,1-4H3/t9-,10+. The van der Waals surface area contributed by atoms with Crippen molar-refractivity contribution in [3.8, 4) is 0 Å². The lowest BCUT2D eigenvalue weighted by Gasteiger charge is -2.37. The molecule has 1 aliphatic heterocycles. The third kappa shape index (κ3) is 2.48. The first kappa shape index (κ1) is 9.05. The molecule has 0 aromatic heterocycles. The highest BCUT2D eigenvalue weighted by Gasteiger charge is 2.22. The van der Waals surface area contributed by atoms with Crippen LogP contribution in [0.15, 0.2) is 0 Å². The molecule has 0 bridgehead atoms. The molecule has 1 heterocycles. The van der Waals surface area contributed by atoms with Crippen LogP contribution in [0.1, 0.15) is 34.1 Å². The van der Waals surface area contributed by atoms with Crippen molar-refractivity contribution in [3.05, 3.63) is 0 Å². The molecule has 1 rings (SSSR count). The van der Waals surface area contributed by atoms with Gasteiger partial charge in [0.15, 0.2) is 0 Å².